The summed E-state index contributed by atoms with van der Waals surface area (Å²) < 4.78 is 53.6. The van der Waals surface area contributed by atoms with E-state index in [0.717, 1.165) is 16.8 Å². The maximum atomic E-state index is 15.2. The first-order valence-corrected chi connectivity index (χ1v) is 16.1. The number of sulfonamides is 1. The highest BCUT2D eigenvalue weighted by molar-refractivity contribution is 7.88. The fraction of sp³-hybridized carbons (Fsp3) is 0.357. The molecule has 1 saturated heterocycles. The number of halogens is 1. The van der Waals surface area contributed by atoms with Gasteiger partial charge >= 0.3 is 0 Å². The number of hydrogen-bond donors (Lipinski definition) is 0. The van der Waals surface area contributed by atoms with Crippen molar-refractivity contribution >= 4 is 38.9 Å². The molecular weight excluding hydrogens is 581 g/mol. The standard InChI is InChI=1S/C28H30FN7O4S2/c1-18-23(28-32-25(26(41-28)27-30-8-9-31-27)24-20(29)5-4-6-22(24)39-2)21-17-19(7-10-36(21)33-18)40-16-15-34-11-13-35(14-12-34)42(3,37)38/h4-8,10,17H,9,11-16H2,1-3H3. The lowest BCUT2D eigenvalue weighted by atomic mass is 10.1. The van der Waals surface area contributed by atoms with Crippen LogP contribution in [0.2, 0.25) is 0 Å². The number of benzene rings is 1. The number of nitrogens with zero attached hydrogens (tertiary/aromatic N) is 7. The molecule has 5 heterocycles. The highest BCUT2D eigenvalue weighted by Gasteiger charge is 2.27. The highest BCUT2D eigenvalue weighted by atomic mass is 32.2. The molecule has 4 aromatic rings. The third kappa shape index (κ3) is 5.54. The van der Waals surface area contributed by atoms with Gasteiger partial charge in [-0.25, -0.2) is 27.3 Å². The molecule has 0 unspecified atom stereocenters. The van der Waals surface area contributed by atoms with Gasteiger partial charge in [0.15, 0.2) is 5.84 Å². The Hall–Kier alpha value is -3.72. The number of rotatable bonds is 9. The highest BCUT2D eigenvalue weighted by Crippen LogP contribution is 2.42. The van der Waals surface area contributed by atoms with Gasteiger partial charge in [-0.1, -0.05) is 6.07 Å². The Morgan fingerprint density at radius 3 is 2.64 bits per heavy atom. The van der Waals surface area contributed by atoms with Crippen LogP contribution in [0.1, 0.15) is 10.6 Å². The van der Waals surface area contributed by atoms with E-state index in [2.05, 4.69) is 20.0 Å². The van der Waals surface area contributed by atoms with Crippen molar-refractivity contribution in [3.05, 3.63) is 52.9 Å². The summed E-state index contributed by atoms with van der Waals surface area (Å²) in [5, 5.41) is 5.33. The lowest BCUT2D eigenvalue weighted by Gasteiger charge is -2.33. The summed E-state index contributed by atoms with van der Waals surface area (Å²) >= 11 is 1.39. The van der Waals surface area contributed by atoms with Crippen molar-refractivity contribution in [2.24, 2.45) is 9.98 Å². The number of methoxy groups -OCH3 is 1. The van der Waals surface area contributed by atoms with Crippen LogP contribution >= 0.6 is 11.3 Å². The second-order valence-electron chi connectivity index (χ2n) is 9.99. The van der Waals surface area contributed by atoms with Crippen molar-refractivity contribution in [3.8, 4) is 33.3 Å². The van der Waals surface area contributed by atoms with Gasteiger partial charge < -0.3 is 9.47 Å². The summed E-state index contributed by atoms with van der Waals surface area (Å²) in [5.41, 5.74) is 3.06. The van der Waals surface area contributed by atoms with Crippen molar-refractivity contribution in [1.29, 1.82) is 0 Å². The van der Waals surface area contributed by atoms with Gasteiger partial charge in [0.05, 0.1) is 47.9 Å². The molecule has 2 aliphatic heterocycles. The number of aromatic nitrogens is 3. The van der Waals surface area contributed by atoms with Crippen LogP contribution in [0.15, 0.2) is 46.5 Å². The molecule has 0 saturated carbocycles. The molecular formula is C28H30FN7O4S2. The summed E-state index contributed by atoms with van der Waals surface area (Å²) in [6, 6.07) is 8.47. The van der Waals surface area contributed by atoms with E-state index in [1.54, 1.807) is 22.9 Å². The molecule has 0 radical (unpaired) electrons. The molecule has 11 nitrogen and oxygen atoms in total. The molecule has 1 fully saturated rings. The van der Waals surface area contributed by atoms with Crippen LogP contribution in [0.25, 0.3) is 27.3 Å². The molecule has 0 spiro atoms. The van der Waals surface area contributed by atoms with E-state index < -0.39 is 15.8 Å². The fourth-order valence-electron chi connectivity index (χ4n) is 5.15. The molecule has 0 aliphatic carbocycles. The number of pyridine rings is 1. The normalized spacial score (nSPS) is 16.3. The molecule has 6 rings (SSSR count). The minimum Gasteiger partial charge on any atom is -0.496 e. The molecule has 3 aromatic heterocycles. The molecule has 14 heteroatoms. The fourth-order valence-corrected chi connectivity index (χ4v) is 7.12. The summed E-state index contributed by atoms with van der Waals surface area (Å²) in [5.74, 6) is 1.12. The molecule has 0 amide bonds. The average molecular weight is 612 g/mol. The number of aliphatic imine (C=N–C) groups is 2. The van der Waals surface area contributed by atoms with Crippen LogP contribution in [0.3, 0.4) is 0 Å². The Bertz CT molecular complexity index is 1810. The van der Waals surface area contributed by atoms with E-state index >= 15 is 4.39 Å². The monoisotopic (exact) mass is 611 g/mol. The number of thiazole rings is 1. The van der Waals surface area contributed by atoms with Gasteiger partial charge in [0.25, 0.3) is 0 Å². The van der Waals surface area contributed by atoms with E-state index in [1.807, 2.05) is 25.3 Å². The topological polar surface area (TPSA) is 114 Å². The van der Waals surface area contributed by atoms with Crippen LogP contribution in [0.5, 0.6) is 11.5 Å². The zero-order chi connectivity index (χ0) is 29.4. The number of amidine groups is 1. The lowest BCUT2D eigenvalue weighted by molar-refractivity contribution is 0.159. The Kier molecular flexibility index (Phi) is 7.79. The molecule has 42 heavy (non-hydrogen) atoms. The van der Waals surface area contributed by atoms with E-state index in [4.69, 9.17) is 14.5 Å². The third-order valence-electron chi connectivity index (χ3n) is 7.27. The third-order valence-corrected chi connectivity index (χ3v) is 9.64. The van der Waals surface area contributed by atoms with Crippen LogP contribution < -0.4 is 9.47 Å². The van der Waals surface area contributed by atoms with Gasteiger partial charge in [-0.05, 0) is 25.1 Å². The van der Waals surface area contributed by atoms with Crippen LogP contribution in [-0.4, -0.2) is 104 Å². The summed E-state index contributed by atoms with van der Waals surface area (Å²) in [4.78, 5) is 16.7. The minimum absolute atomic E-state index is 0.262. The van der Waals surface area contributed by atoms with Gasteiger partial charge in [-0.15, -0.1) is 11.3 Å². The summed E-state index contributed by atoms with van der Waals surface area (Å²) in [6.45, 7) is 5.80. The van der Waals surface area contributed by atoms with Crippen molar-refractivity contribution in [2.45, 2.75) is 6.92 Å². The Balaban J connectivity index is 1.29. The van der Waals surface area contributed by atoms with E-state index in [1.165, 1.54) is 35.1 Å². The number of ether oxygens (including phenoxy) is 2. The molecule has 220 valence electrons. The lowest BCUT2D eigenvalue weighted by Crippen LogP contribution is -2.49. The predicted octanol–water partition coefficient (Wildman–Crippen LogP) is 3.37. The summed E-state index contributed by atoms with van der Waals surface area (Å²) in [6.07, 6.45) is 4.80. The number of piperazine rings is 1. The van der Waals surface area contributed by atoms with Gasteiger partial charge in [-0.3, -0.25) is 9.89 Å². The van der Waals surface area contributed by atoms with Gasteiger partial charge in [0.1, 0.15) is 33.8 Å². The SMILES string of the molecule is COc1cccc(F)c1-c1nc(-c2c(C)nn3ccc(OCCN4CCN(S(C)(=O)=O)CC4)cc23)sc1C1=NCC=N1. The summed E-state index contributed by atoms with van der Waals surface area (Å²) in [7, 11) is -1.66. The van der Waals surface area contributed by atoms with E-state index in [-0.39, 0.29) is 5.56 Å². The Morgan fingerprint density at radius 2 is 1.93 bits per heavy atom. The largest absolute Gasteiger partial charge is 0.496 e. The minimum atomic E-state index is -3.16. The van der Waals surface area contributed by atoms with Crippen molar-refractivity contribution in [3.63, 3.8) is 0 Å². The first-order valence-electron chi connectivity index (χ1n) is 13.4. The molecule has 2 aliphatic rings. The second kappa shape index (κ2) is 11.5. The first-order chi connectivity index (χ1) is 20.2. The zero-order valence-electron chi connectivity index (χ0n) is 23.4. The Morgan fingerprint density at radius 1 is 1.12 bits per heavy atom. The molecule has 0 atom stereocenters. The predicted molar refractivity (Wildman–Crippen MR) is 161 cm³/mol. The number of fused-ring (bicyclic) bond motifs is 1. The maximum absolute atomic E-state index is 15.2. The van der Waals surface area contributed by atoms with E-state index in [9.17, 15) is 8.42 Å². The first kappa shape index (κ1) is 28.4. The smallest absolute Gasteiger partial charge is 0.211 e. The zero-order valence-corrected chi connectivity index (χ0v) is 25.1. The molecule has 1 aromatic carbocycles. The van der Waals surface area contributed by atoms with Gasteiger partial charge in [0.2, 0.25) is 10.0 Å². The quantitative estimate of drug-likeness (QED) is 0.285. The second-order valence-corrected chi connectivity index (χ2v) is 13.0. The molecule has 0 bridgehead atoms. The van der Waals surface area contributed by atoms with Crippen molar-refractivity contribution < 1.29 is 22.3 Å². The number of hydrogen-bond acceptors (Lipinski definition) is 10. The Labute approximate surface area is 247 Å². The van der Waals surface area contributed by atoms with Crippen LogP contribution in [0.4, 0.5) is 4.39 Å². The average Bonchev–Trinajstić information content (AvgIpc) is 3.71. The van der Waals surface area contributed by atoms with E-state index in [0.29, 0.717) is 78.8 Å². The van der Waals surface area contributed by atoms with Gasteiger partial charge in [0, 0.05) is 51.2 Å². The van der Waals surface area contributed by atoms with Crippen molar-refractivity contribution in [2.75, 3.05) is 59.2 Å². The number of aryl methyl sites for hydroxylation is 1. The van der Waals surface area contributed by atoms with Crippen LogP contribution in [-0.2, 0) is 10.0 Å². The molecule has 0 N–H and O–H groups in total. The van der Waals surface area contributed by atoms with Crippen LogP contribution in [0, 0.1) is 12.7 Å². The van der Waals surface area contributed by atoms with Gasteiger partial charge in [-0.2, -0.15) is 9.40 Å². The van der Waals surface area contributed by atoms with Crippen molar-refractivity contribution in [1.82, 2.24) is 23.8 Å². The maximum Gasteiger partial charge on any atom is 0.211 e.